The lowest BCUT2D eigenvalue weighted by molar-refractivity contribution is -0.0167. The molecule has 1 amide bonds. The van der Waals surface area contributed by atoms with Gasteiger partial charge in [0.15, 0.2) is 0 Å². The van der Waals surface area contributed by atoms with Crippen LogP contribution in [0.1, 0.15) is 61.5 Å². The molecule has 0 spiro atoms. The van der Waals surface area contributed by atoms with E-state index in [2.05, 4.69) is 10.4 Å². The van der Waals surface area contributed by atoms with E-state index in [-0.39, 0.29) is 11.4 Å². The zero-order chi connectivity index (χ0) is 14.6. The van der Waals surface area contributed by atoms with Gasteiger partial charge in [-0.05, 0) is 70.1 Å². The number of hydrogen-bond donors (Lipinski definition) is 1. The van der Waals surface area contributed by atoms with Crippen LogP contribution in [0.2, 0.25) is 0 Å². The summed E-state index contributed by atoms with van der Waals surface area (Å²) in [6.45, 7) is 4.79. The number of carbonyl (C=O) groups excluding carboxylic acids is 1. The molecular formula is C17H25N3O. The van der Waals surface area contributed by atoms with Crippen LogP contribution in [-0.2, 0) is 6.54 Å². The van der Waals surface area contributed by atoms with Crippen LogP contribution in [-0.4, -0.2) is 21.2 Å². The molecule has 21 heavy (non-hydrogen) atoms. The molecule has 114 valence electrons. The van der Waals surface area contributed by atoms with Crippen molar-refractivity contribution in [2.75, 3.05) is 0 Å². The first-order valence-corrected chi connectivity index (χ1v) is 8.43. The van der Waals surface area contributed by atoms with E-state index in [9.17, 15) is 4.79 Å². The quantitative estimate of drug-likeness (QED) is 0.929. The van der Waals surface area contributed by atoms with Crippen molar-refractivity contribution in [1.82, 2.24) is 15.1 Å². The molecule has 0 atom stereocenters. The third-order valence-electron chi connectivity index (χ3n) is 5.93. The van der Waals surface area contributed by atoms with Gasteiger partial charge in [0.25, 0.3) is 5.91 Å². The van der Waals surface area contributed by atoms with Crippen molar-refractivity contribution in [2.24, 2.45) is 17.8 Å². The topological polar surface area (TPSA) is 46.9 Å². The molecule has 0 saturated heterocycles. The Balaban J connectivity index is 1.55. The molecule has 4 bridgehead atoms. The lowest BCUT2D eigenvalue weighted by atomic mass is 9.53. The molecule has 1 heterocycles. The molecule has 4 aliphatic carbocycles. The van der Waals surface area contributed by atoms with Crippen molar-refractivity contribution in [1.29, 1.82) is 0 Å². The van der Waals surface area contributed by atoms with Gasteiger partial charge in [-0.1, -0.05) is 0 Å². The summed E-state index contributed by atoms with van der Waals surface area (Å²) in [5.74, 6) is 2.66. The van der Waals surface area contributed by atoms with Crippen LogP contribution in [0.25, 0.3) is 0 Å². The summed E-state index contributed by atoms with van der Waals surface area (Å²) >= 11 is 0. The number of rotatable bonds is 3. The number of aryl methyl sites for hydroxylation is 2. The van der Waals surface area contributed by atoms with Gasteiger partial charge in [-0.15, -0.1) is 0 Å². The van der Waals surface area contributed by atoms with E-state index < -0.39 is 0 Å². The Kier molecular flexibility index (Phi) is 2.92. The SMILES string of the molecule is CCn1cc(C(=O)NC23CC4CC(CC(C4)C2)C3)c(C)n1. The Morgan fingerprint density at radius 1 is 1.29 bits per heavy atom. The van der Waals surface area contributed by atoms with Crippen molar-refractivity contribution >= 4 is 5.91 Å². The van der Waals surface area contributed by atoms with Gasteiger partial charge in [0.1, 0.15) is 0 Å². The summed E-state index contributed by atoms with van der Waals surface area (Å²) in [4.78, 5) is 12.7. The Labute approximate surface area is 126 Å². The van der Waals surface area contributed by atoms with E-state index in [4.69, 9.17) is 0 Å². The lowest BCUT2D eigenvalue weighted by Gasteiger charge is -2.56. The Bertz CT molecular complexity index is 539. The van der Waals surface area contributed by atoms with E-state index in [1.165, 1.54) is 38.5 Å². The van der Waals surface area contributed by atoms with E-state index in [0.717, 1.165) is 35.6 Å². The largest absolute Gasteiger partial charge is 0.346 e. The van der Waals surface area contributed by atoms with Crippen molar-refractivity contribution in [3.63, 3.8) is 0 Å². The van der Waals surface area contributed by atoms with E-state index in [1.807, 2.05) is 24.7 Å². The predicted octanol–water partition coefficient (Wildman–Crippen LogP) is 2.91. The average molecular weight is 287 g/mol. The maximum atomic E-state index is 12.7. The number of nitrogens with zero attached hydrogens (tertiary/aromatic N) is 2. The number of amides is 1. The summed E-state index contributed by atoms with van der Waals surface area (Å²) in [6, 6.07) is 0. The summed E-state index contributed by atoms with van der Waals surface area (Å²) < 4.78 is 1.85. The third kappa shape index (κ3) is 2.19. The van der Waals surface area contributed by atoms with E-state index >= 15 is 0 Å². The van der Waals surface area contributed by atoms with Gasteiger partial charge in [0, 0.05) is 18.3 Å². The third-order valence-corrected chi connectivity index (χ3v) is 5.93. The van der Waals surface area contributed by atoms with Gasteiger partial charge in [-0.25, -0.2) is 0 Å². The van der Waals surface area contributed by atoms with Gasteiger partial charge >= 0.3 is 0 Å². The molecule has 4 fully saturated rings. The molecule has 0 aromatic carbocycles. The monoisotopic (exact) mass is 287 g/mol. The Morgan fingerprint density at radius 2 is 1.86 bits per heavy atom. The summed E-state index contributed by atoms with van der Waals surface area (Å²) in [5, 5.41) is 7.83. The normalized spacial score (nSPS) is 37.0. The van der Waals surface area contributed by atoms with Gasteiger partial charge < -0.3 is 5.32 Å². The molecule has 1 aromatic heterocycles. The second kappa shape index (κ2) is 4.59. The second-order valence-electron chi connectivity index (χ2n) is 7.64. The standard InChI is InChI=1S/C17H25N3O/c1-3-20-10-15(11(2)19-20)16(21)18-17-7-12-4-13(8-17)6-14(5-12)9-17/h10,12-14H,3-9H2,1-2H3,(H,18,21). The van der Waals surface area contributed by atoms with Crippen LogP contribution in [0.3, 0.4) is 0 Å². The van der Waals surface area contributed by atoms with Crippen molar-refractivity contribution in [3.8, 4) is 0 Å². The first-order chi connectivity index (χ1) is 10.1. The zero-order valence-corrected chi connectivity index (χ0v) is 13.1. The molecule has 4 nitrogen and oxygen atoms in total. The minimum atomic E-state index is 0.0899. The Morgan fingerprint density at radius 3 is 2.33 bits per heavy atom. The van der Waals surface area contributed by atoms with E-state index in [1.54, 1.807) is 0 Å². The lowest BCUT2D eigenvalue weighted by Crippen LogP contribution is -2.59. The summed E-state index contributed by atoms with van der Waals surface area (Å²) in [7, 11) is 0. The van der Waals surface area contributed by atoms with Gasteiger partial charge in [0.05, 0.1) is 11.3 Å². The molecular weight excluding hydrogens is 262 g/mol. The molecule has 1 N–H and O–H groups in total. The van der Waals surface area contributed by atoms with Crippen molar-refractivity contribution in [2.45, 2.75) is 64.5 Å². The number of hydrogen-bond acceptors (Lipinski definition) is 2. The molecule has 4 saturated carbocycles. The predicted molar refractivity (Wildman–Crippen MR) is 81.0 cm³/mol. The average Bonchev–Trinajstić information content (AvgIpc) is 2.78. The number of carbonyl (C=O) groups is 1. The van der Waals surface area contributed by atoms with Crippen LogP contribution in [0, 0.1) is 24.7 Å². The van der Waals surface area contributed by atoms with Gasteiger partial charge in [0.2, 0.25) is 0 Å². The first-order valence-electron chi connectivity index (χ1n) is 8.43. The number of nitrogens with one attached hydrogen (secondary N) is 1. The van der Waals surface area contributed by atoms with Crippen LogP contribution in [0.4, 0.5) is 0 Å². The Hall–Kier alpha value is -1.32. The molecule has 4 aliphatic rings. The highest BCUT2D eigenvalue weighted by Crippen LogP contribution is 2.55. The first kappa shape index (κ1) is 13.4. The molecule has 0 radical (unpaired) electrons. The molecule has 4 heteroatoms. The van der Waals surface area contributed by atoms with Gasteiger partial charge in [-0.3, -0.25) is 9.48 Å². The maximum Gasteiger partial charge on any atom is 0.255 e. The highest BCUT2D eigenvalue weighted by molar-refractivity contribution is 5.95. The highest BCUT2D eigenvalue weighted by atomic mass is 16.1. The molecule has 5 rings (SSSR count). The fraction of sp³-hybridized carbons (Fsp3) is 0.765. The maximum absolute atomic E-state index is 12.7. The molecule has 0 aliphatic heterocycles. The second-order valence-corrected chi connectivity index (χ2v) is 7.64. The van der Waals surface area contributed by atoms with Gasteiger partial charge in [-0.2, -0.15) is 5.10 Å². The zero-order valence-electron chi connectivity index (χ0n) is 13.1. The van der Waals surface area contributed by atoms with E-state index in [0.29, 0.717) is 0 Å². The van der Waals surface area contributed by atoms with Crippen LogP contribution < -0.4 is 5.32 Å². The highest BCUT2D eigenvalue weighted by Gasteiger charge is 2.51. The molecule has 1 aromatic rings. The van der Waals surface area contributed by atoms with Crippen LogP contribution in [0.5, 0.6) is 0 Å². The fourth-order valence-corrected chi connectivity index (χ4v) is 5.47. The summed E-state index contributed by atoms with van der Waals surface area (Å²) in [6.07, 6.45) is 9.71. The minimum Gasteiger partial charge on any atom is -0.346 e. The summed E-state index contributed by atoms with van der Waals surface area (Å²) in [5.41, 5.74) is 1.69. The number of aromatic nitrogens is 2. The smallest absolute Gasteiger partial charge is 0.255 e. The van der Waals surface area contributed by atoms with Crippen molar-refractivity contribution in [3.05, 3.63) is 17.5 Å². The molecule has 0 unspecified atom stereocenters. The van der Waals surface area contributed by atoms with Crippen LogP contribution in [0.15, 0.2) is 6.20 Å². The fourth-order valence-electron chi connectivity index (χ4n) is 5.47. The van der Waals surface area contributed by atoms with Crippen LogP contribution >= 0.6 is 0 Å². The minimum absolute atomic E-state index is 0.0899. The van der Waals surface area contributed by atoms with Crippen molar-refractivity contribution < 1.29 is 4.79 Å².